The van der Waals surface area contributed by atoms with Crippen LogP contribution >= 0.6 is 11.3 Å². The van der Waals surface area contributed by atoms with Crippen molar-refractivity contribution in [1.29, 1.82) is 0 Å². The van der Waals surface area contributed by atoms with Crippen molar-refractivity contribution in [3.8, 4) is 0 Å². The normalized spacial score (nSPS) is 10.3. The first-order chi connectivity index (χ1) is 12.6. The number of rotatable bonds is 6. The van der Waals surface area contributed by atoms with Crippen LogP contribution in [0.5, 0.6) is 0 Å². The van der Waals surface area contributed by atoms with Crippen LogP contribution in [-0.2, 0) is 11.2 Å². The summed E-state index contributed by atoms with van der Waals surface area (Å²) in [7, 11) is 0. The van der Waals surface area contributed by atoms with Crippen LogP contribution in [0.1, 0.15) is 28.0 Å². The zero-order valence-electron chi connectivity index (χ0n) is 14.4. The van der Waals surface area contributed by atoms with Gasteiger partial charge in [-0.15, -0.1) is 11.3 Å². The van der Waals surface area contributed by atoms with Gasteiger partial charge in [0.2, 0.25) is 5.91 Å². The lowest BCUT2D eigenvalue weighted by Crippen LogP contribution is -2.15. The van der Waals surface area contributed by atoms with Crippen molar-refractivity contribution in [3.05, 3.63) is 76.8 Å². The van der Waals surface area contributed by atoms with Crippen LogP contribution in [0.3, 0.4) is 0 Å². The molecule has 2 aromatic carbocycles. The number of para-hydroxylation sites is 1. The predicted molar refractivity (Wildman–Crippen MR) is 105 cm³/mol. The third-order valence-electron chi connectivity index (χ3n) is 3.86. The van der Waals surface area contributed by atoms with Crippen LogP contribution in [0.15, 0.2) is 60.0 Å². The van der Waals surface area contributed by atoms with E-state index in [0.29, 0.717) is 18.0 Å². The number of nitrogens with one attached hydrogen (secondary N) is 2. The molecule has 0 bridgehead atoms. The highest BCUT2D eigenvalue weighted by Crippen LogP contribution is 2.19. The second kappa shape index (κ2) is 8.40. The second-order valence-electron chi connectivity index (χ2n) is 5.84. The lowest BCUT2D eigenvalue weighted by Gasteiger charge is -2.06. The molecule has 0 aliphatic carbocycles. The molecule has 1 heterocycles. The van der Waals surface area contributed by atoms with E-state index in [1.807, 2.05) is 61.5 Å². The number of carbonyl (C=O) groups is 2. The van der Waals surface area contributed by atoms with Gasteiger partial charge in [0.05, 0.1) is 0 Å². The van der Waals surface area contributed by atoms with Crippen molar-refractivity contribution in [1.82, 2.24) is 4.98 Å². The SMILES string of the molecule is Cc1ccccc1NC(=O)c1csc(NC(=O)CCc2ccccc2)n1. The van der Waals surface area contributed by atoms with Gasteiger partial charge in [0.25, 0.3) is 5.91 Å². The van der Waals surface area contributed by atoms with Crippen molar-refractivity contribution in [3.63, 3.8) is 0 Å². The monoisotopic (exact) mass is 365 g/mol. The fourth-order valence-electron chi connectivity index (χ4n) is 2.42. The molecule has 0 aliphatic heterocycles. The van der Waals surface area contributed by atoms with Crippen LogP contribution in [0.2, 0.25) is 0 Å². The first-order valence-corrected chi connectivity index (χ1v) is 9.16. The molecular weight excluding hydrogens is 346 g/mol. The Kier molecular flexibility index (Phi) is 5.76. The average molecular weight is 365 g/mol. The number of thiazole rings is 1. The van der Waals surface area contributed by atoms with E-state index in [1.165, 1.54) is 11.3 Å². The summed E-state index contributed by atoms with van der Waals surface area (Å²) in [4.78, 5) is 28.6. The maximum atomic E-state index is 12.3. The van der Waals surface area contributed by atoms with Crippen LogP contribution in [0.4, 0.5) is 10.8 Å². The topological polar surface area (TPSA) is 71.1 Å². The Balaban J connectivity index is 1.55. The largest absolute Gasteiger partial charge is 0.320 e. The summed E-state index contributed by atoms with van der Waals surface area (Å²) >= 11 is 1.24. The number of nitrogens with zero attached hydrogens (tertiary/aromatic N) is 1. The number of carbonyl (C=O) groups excluding carboxylic acids is 2. The molecule has 0 atom stereocenters. The van der Waals surface area contributed by atoms with E-state index in [1.54, 1.807) is 5.38 Å². The molecule has 6 heteroatoms. The molecule has 5 nitrogen and oxygen atoms in total. The standard InChI is InChI=1S/C20H19N3O2S/c1-14-7-5-6-10-16(14)21-19(25)17-13-26-20(22-17)23-18(24)12-11-15-8-3-2-4-9-15/h2-10,13H,11-12H2,1H3,(H,21,25)(H,22,23,24). The summed E-state index contributed by atoms with van der Waals surface area (Å²) in [5, 5.41) is 7.65. The zero-order chi connectivity index (χ0) is 18.4. The molecule has 0 fully saturated rings. The molecule has 0 radical (unpaired) electrons. The number of benzene rings is 2. The van der Waals surface area contributed by atoms with Gasteiger partial charge in [-0.2, -0.15) is 0 Å². The molecule has 1 aromatic heterocycles. The van der Waals surface area contributed by atoms with E-state index in [2.05, 4.69) is 15.6 Å². The molecule has 3 aromatic rings. The van der Waals surface area contributed by atoms with Crippen LogP contribution < -0.4 is 10.6 Å². The van der Waals surface area contributed by atoms with Crippen molar-refractivity contribution < 1.29 is 9.59 Å². The molecule has 132 valence electrons. The Hall–Kier alpha value is -2.99. The number of hydrogen-bond acceptors (Lipinski definition) is 4. The number of aryl methyl sites for hydroxylation is 2. The molecule has 0 spiro atoms. The first kappa shape index (κ1) is 17.8. The van der Waals surface area contributed by atoms with Gasteiger partial charge in [0, 0.05) is 17.5 Å². The Morgan fingerprint density at radius 2 is 1.73 bits per heavy atom. The Morgan fingerprint density at radius 1 is 1.00 bits per heavy atom. The van der Waals surface area contributed by atoms with Gasteiger partial charge in [0.15, 0.2) is 5.13 Å². The lowest BCUT2D eigenvalue weighted by atomic mass is 10.1. The number of aromatic nitrogens is 1. The highest BCUT2D eigenvalue weighted by molar-refractivity contribution is 7.14. The highest BCUT2D eigenvalue weighted by atomic mass is 32.1. The number of amides is 2. The molecule has 3 rings (SSSR count). The quantitative estimate of drug-likeness (QED) is 0.685. The summed E-state index contributed by atoms with van der Waals surface area (Å²) < 4.78 is 0. The number of hydrogen-bond donors (Lipinski definition) is 2. The minimum Gasteiger partial charge on any atom is -0.320 e. The lowest BCUT2D eigenvalue weighted by molar-refractivity contribution is -0.116. The Labute approximate surface area is 156 Å². The Morgan fingerprint density at radius 3 is 2.50 bits per heavy atom. The first-order valence-electron chi connectivity index (χ1n) is 8.28. The van der Waals surface area contributed by atoms with Gasteiger partial charge in [0.1, 0.15) is 5.69 Å². The van der Waals surface area contributed by atoms with E-state index in [0.717, 1.165) is 16.8 Å². The zero-order valence-corrected chi connectivity index (χ0v) is 15.2. The van der Waals surface area contributed by atoms with E-state index >= 15 is 0 Å². The second-order valence-corrected chi connectivity index (χ2v) is 6.70. The summed E-state index contributed by atoms with van der Waals surface area (Å²) in [5.41, 5.74) is 3.13. The van der Waals surface area contributed by atoms with E-state index in [9.17, 15) is 9.59 Å². The van der Waals surface area contributed by atoms with Gasteiger partial charge in [-0.25, -0.2) is 4.98 Å². The van der Waals surface area contributed by atoms with Crippen molar-refractivity contribution in [2.75, 3.05) is 10.6 Å². The smallest absolute Gasteiger partial charge is 0.275 e. The minimum atomic E-state index is -0.291. The fraction of sp³-hybridized carbons (Fsp3) is 0.150. The van der Waals surface area contributed by atoms with Gasteiger partial charge in [-0.1, -0.05) is 48.5 Å². The molecular formula is C20H19N3O2S. The molecule has 26 heavy (non-hydrogen) atoms. The molecule has 0 unspecified atom stereocenters. The number of anilines is 2. The summed E-state index contributed by atoms with van der Waals surface area (Å²) in [6.07, 6.45) is 1.03. The van der Waals surface area contributed by atoms with Crippen molar-refractivity contribution >= 4 is 34.0 Å². The van der Waals surface area contributed by atoms with Crippen LogP contribution in [0, 0.1) is 6.92 Å². The van der Waals surface area contributed by atoms with E-state index < -0.39 is 0 Å². The molecule has 0 saturated heterocycles. The molecule has 2 N–H and O–H groups in total. The summed E-state index contributed by atoms with van der Waals surface area (Å²) in [5.74, 6) is -0.408. The minimum absolute atomic E-state index is 0.117. The third kappa shape index (κ3) is 4.77. The van der Waals surface area contributed by atoms with E-state index in [4.69, 9.17) is 0 Å². The molecule has 2 amide bonds. The van der Waals surface area contributed by atoms with Gasteiger partial charge < -0.3 is 10.6 Å². The highest BCUT2D eigenvalue weighted by Gasteiger charge is 2.13. The predicted octanol–water partition coefficient (Wildman–Crippen LogP) is 4.28. The maximum absolute atomic E-state index is 12.3. The van der Waals surface area contributed by atoms with Gasteiger partial charge in [-0.3, -0.25) is 9.59 Å². The van der Waals surface area contributed by atoms with Gasteiger partial charge >= 0.3 is 0 Å². The van der Waals surface area contributed by atoms with Crippen LogP contribution in [-0.4, -0.2) is 16.8 Å². The molecule has 0 aliphatic rings. The van der Waals surface area contributed by atoms with Crippen molar-refractivity contribution in [2.24, 2.45) is 0 Å². The van der Waals surface area contributed by atoms with E-state index in [-0.39, 0.29) is 17.5 Å². The Bertz CT molecular complexity index is 906. The van der Waals surface area contributed by atoms with Crippen LogP contribution in [0.25, 0.3) is 0 Å². The van der Waals surface area contributed by atoms with Crippen molar-refractivity contribution in [2.45, 2.75) is 19.8 Å². The average Bonchev–Trinajstić information content (AvgIpc) is 3.11. The maximum Gasteiger partial charge on any atom is 0.275 e. The fourth-order valence-corrected chi connectivity index (χ4v) is 3.13. The third-order valence-corrected chi connectivity index (χ3v) is 4.62. The van der Waals surface area contributed by atoms with Gasteiger partial charge in [-0.05, 0) is 30.5 Å². The summed E-state index contributed by atoms with van der Waals surface area (Å²) in [6, 6.07) is 17.4. The summed E-state index contributed by atoms with van der Waals surface area (Å²) in [6.45, 7) is 1.93. The molecule has 0 saturated carbocycles.